The van der Waals surface area contributed by atoms with Gasteiger partial charge in [0.05, 0.1) is 12.0 Å². The van der Waals surface area contributed by atoms with Crippen LogP contribution >= 0.6 is 0 Å². The number of hydrogen-bond donors (Lipinski definition) is 1. The number of nitrogens with zero attached hydrogens (tertiary/aromatic N) is 1. The highest BCUT2D eigenvalue weighted by atomic mass is 16.4. The van der Waals surface area contributed by atoms with Crippen LogP contribution < -0.4 is 10.9 Å². The number of rotatable bonds is 6. The number of carbonyl (C=O) groups is 1. The third-order valence-electron chi connectivity index (χ3n) is 6.17. The molecule has 1 amide bonds. The molecule has 0 spiro atoms. The minimum Gasteiger partial charge on any atom is -0.460 e. The van der Waals surface area contributed by atoms with Crippen molar-refractivity contribution in [1.29, 1.82) is 0 Å². The zero-order valence-electron chi connectivity index (χ0n) is 18.3. The second-order valence-electron chi connectivity index (χ2n) is 8.64. The Labute approximate surface area is 176 Å². The summed E-state index contributed by atoms with van der Waals surface area (Å²) in [6, 6.07) is 2.09. The van der Waals surface area contributed by atoms with Gasteiger partial charge in [0.2, 0.25) is 5.91 Å². The summed E-state index contributed by atoms with van der Waals surface area (Å²) in [7, 11) is 4.00. The highest BCUT2D eigenvalue weighted by Gasteiger charge is 2.23. The molecule has 0 saturated heterocycles. The maximum absolute atomic E-state index is 12.7. The van der Waals surface area contributed by atoms with Crippen molar-refractivity contribution in [3.8, 4) is 0 Å². The predicted molar refractivity (Wildman–Crippen MR) is 118 cm³/mol. The molecule has 1 aromatic carbocycles. The van der Waals surface area contributed by atoms with Crippen molar-refractivity contribution in [2.24, 2.45) is 0 Å². The quantitative estimate of drug-likeness (QED) is 0.496. The summed E-state index contributed by atoms with van der Waals surface area (Å²) in [5.41, 5.74) is 4.34. The van der Waals surface area contributed by atoms with Crippen LogP contribution in [0.1, 0.15) is 47.3 Å². The maximum atomic E-state index is 12.7. The number of carbonyl (C=O) groups excluding carboxylic acids is 1. The smallest absolute Gasteiger partial charge is 0.340 e. The maximum Gasteiger partial charge on any atom is 0.340 e. The van der Waals surface area contributed by atoms with E-state index >= 15 is 0 Å². The van der Waals surface area contributed by atoms with Crippen LogP contribution in [0.15, 0.2) is 19.7 Å². The van der Waals surface area contributed by atoms with Gasteiger partial charge < -0.3 is 19.1 Å². The lowest BCUT2D eigenvalue weighted by Crippen LogP contribution is -2.30. The van der Waals surface area contributed by atoms with E-state index in [4.69, 9.17) is 8.83 Å². The molecule has 160 valence electrons. The van der Waals surface area contributed by atoms with Crippen LogP contribution in [0.25, 0.3) is 21.9 Å². The summed E-state index contributed by atoms with van der Waals surface area (Å²) in [6.07, 6.45) is 5.20. The van der Waals surface area contributed by atoms with Crippen molar-refractivity contribution in [2.45, 2.75) is 52.4 Å². The molecular formula is C24H30N2O4. The van der Waals surface area contributed by atoms with Gasteiger partial charge in [-0.25, -0.2) is 4.79 Å². The molecule has 0 radical (unpaired) electrons. The van der Waals surface area contributed by atoms with E-state index in [1.54, 1.807) is 0 Å². The summed E-state index contributed by atoms with van der Waals surface area (Å²) in [5, 5.41) is 4.91. The number of hydrogen-bond acceptors (Lipinski definition) is 5. The van der Waals surface area contributed by atoms with Crippen molar-refractivity contribution in [3.63, 3.8) is 0 Å². The average Bonchev–Trinajstić information content (AvgIpc) is 3.09. The number of furan rings is 1. The molecule has 3 aromatic rings. The van der Waals surface area contributed by atoms with E-state index in [-0.39, 0.29) is 12.3 Å². The third-order valence-corrected chi connectivity index (χ3v) is 6.17. The first-order valence-corrected chi connectivity index (χ1v) is 10.8. The molecule has 1 aliphatic carbocycles. The molecule has 0 aliphatic heterocycles. The first-order chi connectivity index (χ1) is 14.4. The van der Waals surface area contributed by atoms with Gasteiger partial charge in [-0.15, -0.1) is 0 Å². The molecule has 0 saturated carbocycles. The Kier molecular flexibility index (Phi) is 5.69. The monoisotopic (exact) mass is 410 g/mol. The number of fused-ring (bicyclic) bond motifs is 4. The van der Waals surface area contributed by atoms with Crippen LogP contribution in [0.3, 0.4) is 0 Å². The standard InChI is InChI=1S/C24H30N2O4/c1-14-17-12-19-16-8-5-6-9-20(16)29-23(19)15(2)22(17)30-24(28)18(14)13-21(27)25-10-7-11-26(3)4/h12H,5-11,13H2,1-4H3,(H,25,27). The molecule has 0 bridgehead atoms. The molecule has 6 heteroatoms. The van der Waals surface area contributed by atoms with E-state index in [0.717, 1.165) is 65.5 Å². The van der Waals surface area contributed by atoms with Crippen LogP contribution in [0, 0.1) is 13.8 Å². The van der Waals surface area contributed by atoms with E-state index in [9.17, 15) is 9.59 Å². The fourth-order valence-corrected chi connectivity index (χ4v) is 4.47. The highest BCUT2D eigenvalue weighted by Crippen LogP contribution is 2.37. The van der Waals surface area contributed by atoms with Crippen LogP contribution in [0.2, 0.25) is 0 Å². The molecule has 1 N–H and O–H groups in total. The number of amides is 1. The summed E-state index contributed by atoms with van der Waals surface area (Å²) in [5.74, 6) is 0.911. The van der Waals surface area contributed by atoms with E-state index in [1.807, 2.05) is 27.9 Å². The van der Waals surface area contributed by atoms with Crippen LogP contribution in [-0.2, 0) is 24.1 Å². The summed E-state index contributed by atoms with van der Waals surface area (Å²) < 4.78 is 11.8. The molecule has 6 nitrogen and oxygen atoms in total. The SMILES string of the molecule is Cc1c(CC(=O)NCCCN(C)C)c(=O)oc2c(C)c3oc4c(c3cc12)CCCC4. The number of nitrogens with one attached hydrogen (secondary N) is 1. The second kappa shape index (κ2) is 8.26. The average molecular weight is 411 g/mol. The van der Waals surface area contributed by atoms with Gasteiger partial charge >= 0.3 is 5.63 Å². The van der Waals surface area contributed by atoms with Gasteiger partial charge in [-0.05, 0) is 71.8 Å². The predicted octanol–water partition coefficient (Wildman–Crippen LogP) is 3.65. The highest BCUT2D eigenvalue weighted by molar-refractivity contribution is 6.00. The Bertz CT molecular complexity index is 1170. The largest absolute Gasteiger partial charge is 0.460 e. The molecular weight excluding hydrogens is 380 g/mol. The van der Waals surface area contributed by atoms with Gasteiger partial charge in [0.25, 0.3) is 0 Å². The van der Waals surface area contributed by atoms with Gasteiger partial charge in [-0.3, -0.25) is 4.79 Å². The molecule has 4 rings (SSSR count). The van der Waals surface area contributed by atoms with E-state index in [2.05, 4.69) is 16.3 Å². The first-order valence-electron chi connectivity index (χ1n) is 10.8. The molecule has 30 heavy (non-hydrogen) atoms. The normalized spacial score (nSPS) is 13.9. The minimum atomic E-state index is -0.442. The van der Waals surface area contributed by atoms with Gasteiger partial charge in [-0.1, -0.05) is 0 Å². The van der Waals surface area contributed by atoms with Gasteiger partial charge in [0.1, 0.15) is 16.9 Å². The van der Waals surface area contributed by atoms with E-state index in [1.165, 1.54) is 12.0 Å². The molecule has 2 heterocycles. The Morgan fingerprint density at radius 2 is 1.80 bits per heavy atom. The van der Waals surface area contributed by atoms with Gasteiger partial charge in [0, 0.05) is 34.9 Å². The van der Waals surface area contributed by atoms with Crippen molar-refractivity contribution >= 4 is 27.8 Å². The van der Waals surface area contributed by atoms with E-state index < -0.39 is 5.63 Å². The van der Waals surface area contributed by atoms with Gasteiger partial charge in [0.15, 0.2) is 0 Å². The lowest BCUT2D eigenvalue weighted by Gasteiger charge is -2.12. The zero-order chi connectivity index (χ0) is 21.4. The molecule has 1 aliphatic rings. The van der Waals surface area contributed by atoms with Crippen molar-refractivity contribution < 1.29 is 13.6 Å². The fourth-order valence-electron chi connectivity index (χ4n) is 4.47. The second-order valence-corrected chi connectivity index (χ2v) is 8.64. The van der Waals surface area contributed by atoms with Crippen molar-refractivity contribution in [1.82, 2.24) is 10.2 Å². The Balaban J connectivity index is 1.69. The van der Waals surface area contributed by atoms with Crippen LogP contribution in [0.4, 0.5) is 0 Å². The first kappa shape index (κ1) is 20.7. The van der Waals surface area contributed by atoms with Crippen LogP contribution in [-0.4, -0.2) is 38.0 Å². The summed E-state index contributed by atoms with van der Waals surface area (Å²) in [4.78, 5) is 27.2. The Morgan fingerprint density at radius 3 is 2.57 bits per heavy atom. The fraction of sp³-hybridized carbons (Fsp3) is 0.500. The molecule has 2 aromatic heterocycles. The van der Waals surface area contributed by atoms with E-state index in [0.29, 0.717) is 17.7 Å². The molecule has 0 atom stereocenters. The molecule has 0 unspecified atom stereocenters. The van der Waals surface area contributed by atoms with Gasteiger partial charge in [-0.2, -0.15) is 0 Å². The third kappa shape index (κ3) is 3.76. The molecule has 0 fully saturated rings. The summed E-state index contributed by atoms with van der Waals surface area (Å²) >= 11 is 0. The minimum absolute atomic E-state index is 0.0344. The van der Waals surface area contributed by atoms with Crippen molar-refractivity contribution in [2.75, 3.05) is 27.2 Å². The number of aryl methyl sites for hydroxylation is 4. The Hall–Kier alpha value is -2.60. The summed E-state index contributed by atoms with van der Waals surface area (Å²) in [6.45, 7) is 5.35. The Morgan fingerprint density at radius 1 is 1.07 bits per heavy atom. The van der Waals surface area contributed by atoms with Crippen molar-refractivity contribution in [3.05, 3.63) is 44.5 Å². The van der Waals surface area contributed by atoms with Crippen LogP contribution in [0.5, 0.6) is 0 Å². The number of benzene rings is 1. The lowest BCUT2D eigenvalue weighted by molar-refractivity contribution is -0.120. The zero-order valence-corrected chi connectivity index (χ0v) is 18.3. The topological polar surface area (TPSA) is 75.7 Å². The lowest BCUT2D eigenvalue weighted by atomic mass is 9.93.